The first-order valence-corrected chi connectivity index (χ1v) is 10.8. The van der Waals surface area contributed by atoms with Crippen molar-refractivity contribution in [3.8, 4) is 5.75 Å². The summed E-state index contributed by atoms with van der Waals surface area (Å²) in [6.45, 7) is 4.16. The standard InChI is InChI=1S/C21H22N2O5S/c1-14-8-10-19(15(2)12-14)27-13-16-9-11-20(28-16)21(24)22-17-6-4-5-7-18(17)23-29(3,25)26/h4-12,23H,13H2,1-3H3,(H,22,24). The largest absolute Gasteiger partial charge is 0.485 e. The number of aryl methyl sites for hydroxylation is 2. The number of ether oxygens (including phenoxy) is 1. The Bertz CT molecular complexity index is 1140. The maximum absolute atomic E-state index is 12.5. The van der Waals surface area contributed by atoms with Crippen LogP contribution in [0.2, 0.25) is 0 Å². The van der Waals surface area contributed by atoms with Gasteiger partial charge in [0.15, 0.2) is 5.76 Å². The zero-order chi connectivity index (χ0) is 21.0. The van der Waals surface area contributed by atoms with E-state index in [2.05, 4.69) is 10.0 Å². The zero-order valence-corrected chi connectivity index (χ0v) is 17.2. The van der Waals surface area contributed by atoms with Crippen molar-refractivity contribution in [3.63, 3.8) is 0 Å². The highest BCUT2D eigenvalue weighted by Crippen LogP contribution is 2.24. The molecule has 152 valence electrons. The van der Waals surface area contributed by atoms with Crippen molar-refractivity contribution < 1.29 is 22.4 Å². The van der Waals surface area contributed by atoms with E-state index in [1.165, 1.54) is 0 Å². The van der Waals surface area contributed by atoms with Crippen LogP contribution in [0.25, 0.3) is 0 Å². The summed E-state index contributed by atoms with van der Waals surface area (Å²) >= 11 is 0. The lowest BCUT2D eigenvalue weighted by Gasteiger charge is -2.11. The molecule has 3 rings (SSSR count). The highest BCUT2D eigenvalue weighted by atomic mass is 32.2. The van der Waals surface area contributed by atoms with Gasteiger partial charge in [0.2, 0.25) is 10.0 Å². The van der Waals surface area contributed by atoms with Crippen molar-refractivity contribution in [2.45, 2.75) is 20.5 Å². The molecule has 0 atom stereocenters. The Morgan fingerprint density at radius 3 is 2.45 bits per heavy atom. The Labute approximate surface area is 169 Å². The molecule has 7 nitrogen and oxygen atoms in total. The minimum atomic E-state index is -3.48. The zero-order valence-electron chi connectivity index (χ0n) is 16.4. The van der Waals surface area contributed by atoms with Crippen LogP contribution in [0.4, 0.5) is 11.4 Å². The molecule has 29 heavy (non-hydrogen) atoms. The van der Waals surface area contributed by atoms with Gasteiger partial charge >= 0.3 is 0 Å². The molecule has 0 aliphatic rings. The molecular weight excluding hydrogens is 392 g/mol. The summed E-state index contributed by atoms with van der Waals surface area (Å²) < 4.78 is 36.7. The fraction of sp³-hybridized carbons (Fsp3) is 0.190. The summed E-state index contributed by atoms with van der Waals surface area (Å²) in [6.07, 6.45) is 1.04. The molecule has 0 spiro atoms. The number of nitrogens with one attached hydrogen (secondary N) is 2. The molecule has 1 amide bonds. The molecule has 1 heterocycles. The van der Waals surface area contributed by atoms with Gasteiger partial charge in [0.05, 0.1) is 17.6 Å². The summed E-state index contributed by atoms with van der Waals surface area (Å²) in [5.74, 6) is 0.848. The van der Waals surface area contributed by atoms with Crippen LogP contribution in [0.1, 0.15) is 27.4 Å². The third-order valence-electron chi connectivity index (χ3n) is 4.06. The van der Waals surface area contributed by atoms with Crippen molar-refractivity contribution in [3.05, 3.63) is 77.2 Å². The Hall–Kier alpha value is -3.26. The van der Waals surface area contributed by atoms with Crippen LogP contribution in [0.3, 0.4) is 0 Å². The van der Waals surface area contributed by atoms with Crippen LogP contribution in [0.15, 0.2) is 59.0 Å². The third kappa shape index (κ3) is 5.61. The second-order valence-corrected chi connectivity index (χ2v) is 8.45. The van der Waals surface area contributed by atoms with Crippen molar-refractivity contribution in [2.24, 2.45) is 0 Å². The number of amides is 1. The number of hydrogen-bond donors (Lipinski definition) is 2. The van der Waals surface area contributed by atoms with E-state index >= 15 is 0 Å². The molecule has 0 aliphatic carbocycles. The van der Waals surface area contributed by atoms with Gasteiger partial charge in [-0.3, -0.25) is 9.52 Å². The normalized spacial score (nSPS) is 11.1. The van der Waals surface area contributed by atoms with E-state index < -0.39 is 15.9 Å². The number of anilines is 2. The summed E-state index contributed by atoms with van der Waals surface area (Å²) in [4.78, 5) is 12.5. The summed E-state index contributed by atoms with van der Waals surface area (Å²) in [5, 5.41) is 2.65. The fourth-order valence-electron chi connectivity index (χ4n) is 2.75. The van der Waals surface area contributed by atoms with Gasteiger partial charge in [0.25, 0.3) is 5.91 Å². The van der Waals surface area contributed by atoms with Crippen molar-refractivity contribution in [2.75, 3.05) is 16.3 Å². The maximum atomic E-state index is 12.5. The molecule has 1 aromatic heterocycles. The van der Waals surface area contributed by atoms with Gasteiger partial charge < -0.3 is 14.5 Å². The number of para-hydroxylation sites is 2. The number of furan rings is 1. The predicted molar refractivity (Wildman–Crippen MR) is 112 cm³/mol. The second-order valence-electron chi connectivity index (χ2n) is 6.70. The third-order valence-corrected chi connectivity index (χ3v) is 4.65. The minimum Gasteiger partial charge on any atom is -0.485 e. The topological polar surface area (TPSA) is 97.6 Å². The van der Waals surface area contributed by atoms with Crippen LogP contribution in [-0.4, -0.2) is 20.6 Å². The highest BCUT2D eigenvalue weighted by Gasteiger charge is 2.15. The summed E-state index contributed by atoms with van der Waals surface area (Å²) in [6, 6.07) is 15.6. The molecule has 2 aromatic carbocycles. The predicted octanol–water partition coefficient (Wildman–Crippen LogP) is 4.10. The van der Waals surface area contributed by atoms with Gasteiger partial charge in [0, 0.05) is 0 Å². The first-order chi connectivity index (χ1) is 13.7. The summed E-state index contributed by atoms with van der Waals surface area (Å²) in [7, 11) is -3.48. The van der Waals surface area contributed by atoms with Gasteiger partial charge in [-0.05, 0) is 49.7 Å². The molecule has 0 aliphatic heterocycles. The Morgan fingerprint density at radius 2 is 1.76 bits per heavy atom. The molecule has 0 fully saturated rings. The van der Waals surface area contributed by atoms with Gasteiger partial charge in [-0.15, -0.1) is 0 Å². The summed E-state index contributed by atoms with van der Waals surface area (Å²) in [5.41, 5.74) is 2.77. The van der Waals surface area contributed by atoms with Crippen molar-refractivity contribution in [1.29, 1.82) is 0 Å². The van der Waals surface area contributed by atoms with Gasteiger partial charge in [-0.1, -0.05) is 29.8 Å². The van der Waals surface area contributed by atoms with Crippen molar-refractivity contribution >= 4 is 27.3 Å². The Balaban J connectivity index is 1.67. The Kier molecular flexibility index (Phi) is 5.93. The number of hydrogen-bond acceptors (Lipinski definition) is 5. The fourth-order valence-corrected chi connectivity index (χ4v) is 3.33. The van der Waals surface area contributed by atoms with E-state index in [0.717, 1.165) is 23.1 Å². The lowest BCUT2D eigenvalue weighted by atomic mass is 10.1. The molecule has 0 unspecified atom stereocenters. The minimum absolute atomic E-state index is 0.0957. The second kappa shape index (κ2) is 8.40. The number of benzene rings is 2. The molecule has 8 heteroatoms. The van der Waals surface area contributed by atoms with E-state index in [4.69, 9.17) is 9.15 Å². The molecular formula is C21H22N2O5S. The van der Waals surface area contributed by atoms with E-state index in [1.807, 2.05) is 32.0 Å². The van der Waals surface area contributed by atoms with E-state index in [0.29, 0.717) is 11.4 Å². The van der Waals surface area contributed by atoms with Gasteiger partial charge in [-0.25, -0.2) is 8.42 Å². The molecule has 0 saturated heterocycles. The first-order valence-electron chi connectivity index (χ1n) is 8.88. The van der Waals surface area contributed by atoms with E-state index in [-0.39, 0.29) is 18.1 Å². The molecule has 0 saturated carbocycles. The highest BCUT2D eigenvalue weighted by molar-refractivity contribution is 7.92. The molecule has 0 bridgehead atoms. The van der Waals surface area contributed by atoms with Crippen LogP contribution in [0, 0.1) is 13.8 Å². The van der Waals surface area contributed by atoms with E-state index in [1.54, 1.807) is 36.4 Å². The first kappa shape index (κ1) is 20.5. The van der Waals surface area contributed by atoms with Gasteiger partial charge in [-0.2, -0.15) is 0 Å². The van der Waals surface area contributed by atoms with Crippen molar-refractivity contribution in [1.82, 2.24) is 0 Å². The monoisotopic (exact) mass is 414 g/mol. The quantitative estimate of drug-likeness (QED) is 0.607. The average molecular weight is 414 g/mol. The smallest absolute Gasteiger partial charge is 0.291 e. The number of rotatable bonds is 7. The number of sulfonamides is 1. The Morgan fingerprint density at radius 1 is 1.03 bits per heavy atom. The number of carbonyl (C=O) groups is 1. The van der Waals surface area contributed by atoms with Crippen LogP contribution in [-0.2, 0) is 16.6 Å². The lowest BCUT2D eigenvalue weighted by molar-refractivity contribution is 0.0992. The maximum Gasteiger partial charge on any atom is 0.291 e. The molecule has 2 N–H and O–H groups in total. The molecule has 0 radical (unpaired) electrons. The average Bonchev–Trinajstić information content (AvgIpc) is 3.10. The number of carbonyl (C=O) groups excluding carboxylic acids is 1. The molecule has 3 aromatic rings. The lowest BCUT2D eigenvalue weighted by Crippen LogP contribution is -2.15. The van der Waals surface area contributed by atoms with E-state index in [9.17, 15) is 13.2 Å². The SMILES string of the molecule is Cc1ccc(OCc2ccc(C(=O)Nc3ccccc3NS(C)(=O)=O)o2)c(C)c1. The van der Waals surface area contributed by atoms with Gasteiger partial charge in [0.1, 0.15) is 18.1 Å². The van der Waals surface area contributed by atoms with Crippen LogP contribution < -0.4 is 14.8 Å². The van der Waals surface area contributed by atoms with Crippen LogP contribution in [0.5, 0.6) is 5.75 Å². The van der Waals surface area contributed by atoms with Crippen LogP contribution >= 0.6 is 0 Å².